The third-order valence-corrected chi connectivity index (χ3v) is 9.16. The average Bonchev–Trinajstić information content (AvgIpc) is 3.33. The average molecular weight is 698 g/mol. The lowest BCUT2D eigenvalue weighted by Gasteiger charge is -2.39. The smallest absolute Gasteiger partial charge is 0.421 e. The van der Waals surface area contributed by atoms with E-state index in [1.165, 1.54) is 6.20 Å². The number of fused-ring (bicyclic) bond motifs is 3. The first-order chi connectivity index (χ1) is 23.9. The molecule has 2 aliphatic heterocycles. The first kappa shape index (κ1) is 35.9. The molecule has 0 N–H and O–H groups in total. The van der Waals surface area contributed by atoms with Crippen molar-refractivity contribution in [3.8, 4) is 17.0 Å². The first-order valence-electron chi connectivity index (χ1n) is 17.3. The third kappa shape index (κ3) is 8.67. The number of alkyl halides is 3. The fraction of sp³-hybridized carbons (Fsp3) is 0.541. The van der Waals surface area contributed by atoms with Crippen LogP contribution in [0.2, 0.25) is 0 Å². The highest BCUT2D eigenvalue weighted by Gasteiger charge is 2.37. The van der Waals surface area contributed by atoms with Crippen LogP contribution in [0.15, 0.2) is 48.9 Å². The number of rotatable bonds is 12. The molecule has 10 nitrogen and oxygen atoms in total. The van der Waals surface area contributed by atoms with Gasteiger partial charge in [-0.05, 0) is 70.2 Å². The van der Waals surface area contributed by atoms with Crippen molar-refractivity contribution in [2.24, 2.45) is 7.05 Å². The van der Waals surface area contributed by atoms with E-state index >= 15 is 0 Å². The summed E-state index contributed by atoms with van der Waals surface area (Å²) in [5, 5.41) is 1.98. The summed E-state index contributed by atoms with van der Waals surface area (Å²) in [6, 6.07) is 8.69. The minimum atomic E-state index is -4.61. The van der Waals surface area contributed by atoms with E-state index in [2.05, 4.69) is 14.9 Å². The van der Waals surface area contributed by atoms with Crippen LogP contribution in [0.1, 0.15) is 52.0 Å². The van der Waals surface area contributed by atoms with Crippen LogP contribution in [0, 0.1) is 0 Å². The van der Waals surface area contributed by atoms with Crippen molar-refractivity contribution in [1.29, 1.82) is 0 Å². The molecule has 270 valence electrons. The number of piperidine rings is 1. The van der Waals surface area contributed by atoms with E-state index in [9.17, 15) is 18.0 Å². The number of hydrogen-bond donors (Lipinski definition) is 0. The summed E-state index contributed by atoms with van der Waals surface area (Å²) >= 11 is 0. The lowest BCUT2D eigenvalue weighted by atomic mass is 10.0. The van der Waals surface area contributed by atoms with Crippen molar-refractivity contribution >= 4 is 27.9 Å². The summed E-state index contributed by atoms with van der Waals surface area (Å²) in [6.07, 6.45) is 2.66. The molecule has 2 fully saturated rings. The topological polar surface area (TPSA) is 91.2 Å². The van der Waals surface area contributed by atoms with Gasteiger partial charge in [-0.15, -0.1) is 0 Å². The van der Waals surface area contributed by atoms with Gasteiger partial charge in [0.15, 0.2) is 0 Å². The fourth-order valence-corrected chi connectivity index (χ4v) is 6.47. The van der Waals surface area contributed by atoms with Crippen LogP contribution in [0.5, 0.6) is 5.88 Å². The lowest BCUT2D eigenvalue weighted by Crippen LogP contribution is -2.56. The van der Waals surface area contributed by atoms with Gasteiger partial charge in [-0.2, -0.15) is 13.2 Å². The van der Waals surface area contributed by atoms with Crippen LogP contribution >= 0.6 is 0 Å². The number of aromatic nitrogens is 3. The van der Waals surface area contributed by atoms with E-state index in [-0.39, 0.29) is 24.2 Å². The van der Waals surface area contributed by atoms with Crippen molar-refractivity contribution in [2.45, 2.75) is 70.4 Å². The number of aryl methyl sites for hydroxylation is 1. The number of nitrogens with zero attached hydrogens (tertiary/aromatic N) is 5. The van der Waals surface area contributed by atoms with E-state index in [0.717, 1.165) is 60.3 Å². The molecule has 1 aromatic carbocycles. The molecule has 6 rings (SSSR count). The van der Waals surface area contributed by atoms with Crippen LogP contribution in [0.3, 0.4) is 0 Å². The Kier molecular flexibility index (Phi) is 10.8. The quantitative estimate of drug-likeness (QED) is 0.145. The van der Waals surface area contributed by atoms with E-state index in [0.29, 0.717) is 56.9 Å². The third-order valence-electron chi connectivity index (χ3n) is 9.16. The molecule has 2 saturated heterocycles. The predicted molar refractivity (Wildman–Crippen MR) is 184 cm³/mol. The van der Waals surface area contributed by atoms with E-state index in [1.54, 1.807) is 17.3 Å². The zero-order valence-corrected chi connectivity index (χ0v) is 29.2. The van der Waals surface area contributed by atoms with Gasteiger partial charge in [-0.1, -0.05) is 12.1 Å². The monoisotopic (exact) mass is 697 g/mol. The SMILES string of the molecule is Cn1c2ccncc2c2ccc(-c3cnc(OC4CCN(CCCOCCCOC5CN(C(=O)OC(C)(C)C)C5)CC4)c(C(F)(F)F)c3)cc21. The van der Waals surface area contributed by atoms with Gasteiger partial charge in [0, 0.05) is 86.9 Å². The molecule has 3 aromatic heterocycles. The number of amides is 1. The van der Waals surface area contributed by atoms with Crippen LogP contribution in [0.25, 0.3) is 32.9 Å². The number of ether oxygens (including phenoxy) is 4. The molecule has 0 unspecified atom stereocenters. The summed E-state index contributed by atoms with van der Waals surface area (Å²) in [7, 11) is 1.93. The van der Waals surface area contributed by atoms with Crippen molar-refractivity contribution < 1.29 is 36.9 Å². The van der Waals surface area contributed by atoms with Crippen LogP contribution in [0.4, 0.5) is 18.0 Å². The molecule has 1 amide bonds. The molecule has 0 radical (unpaired) electrons. The van der Waals surface area contributed by atoms with Crippen LogP contribution in [-0.4, -0.2) is 101 Å². The van der Waals surface area contributed by atoms with Crippen molar-refractivity contribution in [3.63, 3.8) is 0 Å². The molecule has 0 bridgehead atoms. The molecule has 0 aliphatic carbocycles. The van der Waals surface area contributed by atoms with Gasteiger partial charge in [0.05, 0.1) is 24.7 Å². The number of pyridine rings is 2. The van der Waals surface area contributed by atoms with Gasteiger partial charge >= 0.3 is 12.3 Å². The molecule has 13 heteroatoms. The predicted octanol–water partition coefficient (Wildman–Crippen LogP) is 7.08. The molecule has 5 heterocycles. The standard InChI is InChI=1S/C37H46F3N5O5/c1-36(2,3)50-35(46)45-23-28(24-45)48-18-6-17-47-16-5-13-44-14-10-27(11-15-44)49-34-31(37(38,39)40)19-26(21-42-34)25-7-8-29-30-22-41-12-9-32(30)43(4)33(29)20-25/h7-9,12,19-22,27-28H,5-6,10-11,13-18,23-24H2,1-4H3. The first-order valence-corrected chi connectivity index (χ1v) is 17.3. The Labute approximate surface area is 290 Å². The molecule has 0 spiro atoms. The largest absolute Gasteiger partial charge is 0.474 e. The number of hydrogen-bond acceptors (Lipinski definition) is 8. The molecule has 50 heavy (non-hydrogen) atoms. The summed E-state index contributed by atoms with van der Waals surface area (Å²) in [6.45, 7) is 10.8. The van der Waals surface area contributed by atoms with Crippen molar-refractivity contribution in [3.05, 3.63) is 54.5 Å². The van der Waals surface area contributed by atoms with Gasteiger partial charge in [-0.25, -0.2) is 9.78 Å². The van der Waals surface area contributed by atoms with Gasteiger partial charge < -0.3 is 33.3 Å². The Morgan fingerprint density at radius 2 is 1.66 bits per heavy atom. The van der Waals surface area contributed by atoms with Crippen molar-refractivity contribution in [1.82, 2.24) is 24.3 Å². The maximum Gasteiger partial charge on any atom is 0.421 e. The Morgan fingerprint density at radius 3 is 2.40 bits per heavy atom. The zero-order chi connectivity index (χ0) is 35.5. The normalized spacial score (nSPS) is 16.7. The molecule has 4 aromatic rings. The Morgan fingerprint density at radius 1 is 0.900 bits per heavy atom. The second kappa shape index (κ2) is 15.1. The Balaban J connectivity index is 0.909. The fourth-order valence-electron chi connectivity index (χ4n) is 6.47. The van der Waals surface area contributed by atoms with Crippen LogP contribution < -0.4 is 4.74 Å². The number of benzene rings is 1. The van der Waals surface area contributed by atoms with E-state index in [1.807, 2.05) is 56.7 Å². The van der Waals surface area contributed by atoms with Gasteiger partial charge in [0.2, 0.25) is 5.88 Å². The molecular weight excluding hydrogens is 651 g/mol. The Bertz CT molecular complexity index is 1780. The number of likely N-dealkylation sites (tertiary alicyclic amines) is 2. The summed E-state index contributed by atoms with van der Waals surface area (Å²) in [4.78, 5) is 24.3. The van der Waals surface area contributed by atoms with E-state index < -0.39 is 17.3 Å². The van der Waals surface area contributed by atoms with Gasteiger partial charge in [0.25, 0.3) is 0 Å². The minimum absolute atomic E-state index is 0.0414. The van der Waals surface area contributed by atoms with Gasteiger partial charge in [-0.3, -0.25) is 4.98 Å². The highest BCUT2D eigenvalue weighted by atomic mass is 19.4. The zero-order valence-electron chi connectivity index (χ0n) is 29.2. The molecule has 0 atom stereocenters. The summed E-state index contributed by atoms with van der Waals surface area (Å²) < 4.78 is 67.6. The molecule has 0 saturated carbocycles. The highest BCUT2D eigenvalue weighted by molar-refractivity contribution is 6.08. The summed E-state index contributed by atoms with van der Waals surface area (Å²) in [5.74, 6) is -0.369. The second-order valence-corrected chi connectivity index (χ2v) is 14.1. The number of carbonyl (C=O) groups excluding carboxylic acids is 1. The minimum Gasteiger partial charge on any atom is -0.474 e. The maximum atomic E-state index is 14.3. The maximum absolute atomic E-state index is 14.3. The number of carbonyl (C=O) groups is 1. The van der Waals surface area contributed by atoms with Gasteiger partial charge in [0.1, 0.15) is 17.3 Å². The lowest BCUT2D eigenvalue weighted by molar-refractivity contribution is -0.139. The number of halogens is 3. The molecule has 2 aliphatic rings. The van der Waals surface area contributed by atoms with Crippen molar-refractivity contribution in [2.75, 3.05) is 52.5 Å². The van der Waals surface area contributed by atoms with E-state index in [4.69, 9.17) is 18.9 Å². The Hall–Kier alpha value is -3.94. The highest BCUT2D eigenvalue weighted by Crippen LogP contribution is 2.39. The summed E-state index contributed by atoms with van der Waals surface area (Å²) in [5.41, 5.74) is 1.57. The van der Waals surface area contributed by atoms with Crippen LogP contribution in [-0.2, 0) is 27.4 Å². The second-order valence-electron chi connectivity index (χ2n) is 14.1. The molecular formula is C37H46F3N5O5.